The van der Waals surface area contributed by atoms with E-state index in [0.717, 1.165) is 33.4 Å². The molecule has 1 amide bonds. The van der Waals surface area contributed by atoms with E-state index in [4.69, 9.17) is 37.4 Å². The number of halogens is 2. The molecule has 0 saturated carbocycles. The average molecular weight is 639 g/mol. The van der Waals surface area contributed by atoms with Gasteiger partial charge in [-0.1, -0.05) is 96.0 Å². The number of hydrogen-bond acceptors (Lipinski definition) is 7. The molecule has 44 heavy (non-hydrogen) atoms. The molecule has 9 nitrogen and oxygen atoms in total. The Morgan fingerprint density at radius 2 is 1.75 bits per heavy atom. The Morgan fingerprint density at radius 3 is 2.41 bits per heavy atom. The van der Waals surface area contributed by atoms with Crippen molar-refractivity contribution in [2.75, 3.05) is 0 Å². The number of carbonyl (C=O) groups is 2. The Labute approximate surface area is 265 Å². The van der Waals surface area contributed by atoms with Crippen LogP contribution in [-0.4, -0.2) is 38.7 Å². The molecule has 1 saturated heterocycles. The Hall–Kier alpha value is -3.73. The second-order valence-electron chi connectivity index (χ2n) is 10.6. The van der Waals surface area contributed by atoms with Gasteiger partial charge in [-0.3, -0.25) is 9.59 Å². The smallest absolute Gasteiger partial charge is 0.303 e. The molecule has 0 aliphatic carbocycles. The van der Waals surface area contributed by atoms with Crippen LogP contribution in [0.15, 0.2) is 79.1 Å². The van der Waals surface area contributed by atoms with Crippen LogP contribution in [0.3, 0.4) is 0 Å². The molecule has 1 fully saturated rings. The van der Waals surface area contributed by atoms with Gasteiger partial charge in [-0.2, -0.15) is 0 Å². The first-order valence-corrected chi connectivity index (χ1v) is 15.0. The van der Waals surface area contributed by atoms with Gasteiger partial charge in [0.2, 0.25) is 0 Å². The summed E-state index contributed by atoms with van der Waals surface area (Å²) in [4.78, 5) is 27.7. The number of benzene rings is 3. The maximum Gasteiger partial charge on any atom is 0.303 e. The number of aliphatic hydroxyl groups excluding tert-OH is 1. The molecule has 0 bridgehead atoms. The normalized spacial score (nSPS) is 18.9. The quantitative estimate of drug-likeness (QED) is 0.200. The fourth-order valence-electron chi connectivity index (χ4n) is 5.13. The van der Waals surface area contributed by atoms with Gasteiger partial charge in [-0.15, -0.1) is 0 Å². The molecule has 3 aromatic carbocycles. The van der Waals surface area contributed by atoms with E-state index in [1.165, 1.54) is 13.8 Å². The van der Waals surface area contributed by atoms with E-state index in [-0.39, 0.29) is 36.4 Å². The van der Waals surface area contributed by atoms with Crippen molar-refractivity contribution in [1.29, 1.82) is 0 Å². The molecule has 2 heterocycles. The van der Waals surface area contributed by atoms with Crippen LogP contribution >= 0.6 is 23.2 Å². The highest BCUT2D eigenvalue weighted by molar-refractivity contribution is 6.40. The van der Waals surface area contributed by atoms with Crippen LogP contribution in [0.4, 0.5) is 0 Å². The van der Waals surface area contributed by atoms with Crippen LogP contribution in [0.2, 0.25) is 10.3 Å². The third-order valence-corrected chi connectivity index (χ3v) is 8.19. The molecule has 1 aliphatic rings. The lowest BCUT2D eigenvalue weighted by Gasteiger charge is -2.36. The molecule has 11 heteroatoms. The number of nitrogens with one attached hydrogen (secondary N) is 1. The maximum atomic E-state index is 12.4. The lowest BCUT2D eigenvalue weighted by molar-refractivity contribution is -0.252. The first-order valence-electron chi connectivity index (χ1n) is 14.2. The highest BCUT2D eigenvalue weighted by Crippen LogP contribution is 2.39. The van der Waals surface area contributed by atoms with Crippen LogP contribution in [-0.2, 0) is 43.5 Å². The highest BCUT2D eigenvalue weighted by atomic mass is 35.5. The second-order valence-corrected chi connectivity index (χ2v) is 11.3. The Bertz CT molecular complexity index is 1590. The summed E-state index contributed by atoms with van der Waals surface area (Å²) in [6, 6.07) is 23.4. The Balaban J connectivity index is 1.34. The van der Waals surface area contributed by atoms with Crippen LogP contribution in [0, 0.1) is 0 Å². The second kappa shape index (κ2) is 14.4. The molecule has 4 unspecified atom stereocenters. The molecule has 5 rings (SSSR count). The largest absolute Gasteiger partial charge is 0.453 e. The van der Waals surface area contributed by atoms with E-state index in [1.54, 1.807) is 10.9 Å². The number of hydrogen-bond donors (Lipinski definition) is 2. The first-order chi connectivity index (χ1) is 21.2. The van der Waals surface area contributed by atoms with Gasteiger partial charge in [0.25, 0.3) is 5.91 Å². The standard InChI is InChI=1S/C33H33Cl2N3O6/c1-20(42-21(2)40)32(41)36-16-26-5-3-4-6-28(26)23-11-13-25(14-12-23)33-43-27(17-38-19-37-30(34)31(38)35)15-29(44-33)24-9-7-22(18-39)8-10-24/h3-14,19-20,27,29,33,39H,15-18H2,1-2H3,(H,36,41). The third kappa shape index (κ3) is 7.67. The summed E-state index contributed by atoms with van der Waals surface area (Å²) < 4.78 is 19.6. The zero-order valence-electron chi connectivity index (χ0n) is 24.3. The van der Waals surface area contributed by atoms with Gasteiger partial charge in [0.15, 0.2) is 17.5 Å². The van der Waals surface area contributed by atoms with E-state index >= 15 is 0 Å². The molecule has 0 radical (unpaired) electrons. The lowest BCUT2D eigenvalue weighted by Crippen LogP contribution is -2.35. The number of aromatic nitrogens is 2. The summed E-state index contributed by atoms with van der Waals surface area (Å²) in [5.41, 5.74) is 5.46. The number of ether oxygens (including phenoxy) is 3. The molecule has 4 atom stereocenters. The van der Waals surface area contributed by atoms with E-state index in [9.17, 15) is 14.7 Å². The number of carbonyl (C=O) groups excluding carboxylic acids is 2. The van der Waals surface area contributed by atoms with E-state index in [1.807, 2.05) is 72.8 Å². The summed E-state index contributed by atoms with van der Waals surface area (Å²) >= 11 is 12.4. The number of amides is 1. The average Bonchev–Trinajstić information content (AvgIpc) is 3.35. The lowest BCUT2D eigenvalue weighted by atomic mass is 9.97. The molecule has 230 valence electrons. The number of aliphatic hydroxyl groups is 1. The van der Waals surface area contributed by atoms with Crippen molar-refractivity contribution in [3.05, 3.63) is 112 Å². The summed E-state index contributed by atoms with van der Waals surface area (Å²) in [5, 5.41) is 12.9. The van der Waals surface area contributed by atoms with Gasteiger partial charge in [0.1, 0.15) is 5.15 Å². The minimum Gasteiger partial charge on any atom is -0.453 e. The molecule has 0 spiro atoms. The molecular formula is C33H33Cl2N3O6. The SMILES string of the molecule is CC(=O)OC(C)C(=O)NCc1ccccc1-c1ccc(C2OC(Cn3cnc(Cl)c3Cl)CC(c3ccc(CO)cc3)O2)cc1. The van der Waals surface area contributed by atoms with E-state index < -0.39 is 18.4 Å². The maximum absolute atomic E-state index is 12.4. The number of nitrogens with zero attached hydrogens (tertiary/aromatic N) is 2. The van der Waals surface area contributed by atoms with Crippen LogP contribution in [0.5, 0.6) is 0 Å². The van der Waals surface area contributed by atoms with Gasteiger partial charge < -0.3 is 29.2 Å². The van der Waals surface area contributed by atoms with E-state index in [0.29, 0.717) is 18.1 Å². The van der Waals surface area contributed by atoms with Gasteiger partial charge >= 0.3 is 5.97 Å². The van der Waals surface area contributed by atoms with Crippen LogP contribution < -0.4 is 5.32 Å². The number of rotatable bonds is 10. The van der Waals surface area contributed by atoms with E-state index in [2.05, 4.69) is 10.3 Å². The van der Waals surface area contributed by atoms with Gasteiger partial charge in [-0.25, -0.2) is 4.98 Å². The monoisotopic (exact) mass is 637 g/mol. The summed E-state index contributed by atoms with van der Waals surface area (Å²) in [6.07, 6.45) is 0.126. The highest BCUT2D eigenvalue weighted by Gasteiger charge is 2.33. The van der Waals surface area contributed by atoms with Crippen LogP contribution in [0.25, 0.3) is 11.1 Å². The van der Waals surface area contributed by atoms with Gasteiger partial charge in [-0.05, 0) is 34.7 Å². The van der Waals surface area contributed by atoms with Crippen molar-refractivity contribution in [2.24, 2.45) is 0 Å². The van der Waals surface area contributed by atoms with Crippen molar-refractivity contribution in [1.82, 2.24) is 14.9 Å². The molecule has 1 aromatic heterocycles. The fourth-order valence-corrected chi connectivity index (χ4v) is 5.44. The molecule has 4 aromatic rings. The number of imidazole rings is 1. The predicted molar refractivity (Wildman–Crippen MR) is 166 cm³/mol. The summed E-state index contributed by atoms with van der Waals surface area (Å²) in [5.74, 6) is -0.877. The zero-order chi connectivity index (χ0) is 31.2. The van der Waals surface area contributed by atoms with Crippen molar-refractivity contribution in [2.45, 2.75) is 64.6 Å². The summed E-state index contributed by atoms with van der Waals surface area (Å²) in [6.45, 7) is 3.49. The van der Waals surface area contributed by atoms with Crippen LogP contribution in [0.1, 0.15) is 54.9 Å². The minimum absolute atomic E-state index is 0.0324. The van der Waals surface area contributed by atoms with Crippen molar-refractivity contribution in [3.8, 4) is 11.1 Å². The van der Waals surface area contributed by atoms with Gasteiger partial charge in [0.05, 0.1) is 31.7 Å². The third-order valence-electron chi connectivity index (χ3n) is 7.42. The van der Waals surface area contributed by atoms with Crippen molar-refractivity contribution < 1.29 is 28.9 Å². The zero-order valence-corrected chi connectivity index (χ0v) is 25.8. The topological polar surface area (TPSA) is 112 Å². The van der Waals surface area contributed by atoms with Gasteiger partial charge in [0, 0.05) is 25.5 Å². The predicted octanol–water partition coefficient (Wildman–Crippen LogP) is 6.16. The summed E-state index contributed by atoms with van der Waals surface area (Å²) in [7, 11) is 0. The first kappa shape index (κ1) is 31.7. The molecule has 1 aliphatic heterocycles. The Morgan fingerprint density at radius 1 is 1.05 bits per heavy atom. The van der Waals surface area contributed by atoms with Crippen molar-refractivity contribution >= 4 is 35.1 Å². The Kier molecular flexibility index (Phi) is 10.3. The fraction of sp³-hybridized carbons (Fsp3) is 0.303. The molecule has 2 N–H and O–H groups in total. The molecular weight excluding hydrogens is 605 g/mol. The number of esters is 1. The minimum atomic E-state index is -0.878. The van der Waals surface area contributed by atoms with Crippen molar-refractivity contribution in [3.63, 3.8) is 0 Å².